The Morgan fingerprint density at radius 3 is 2.36 bits per heavy atom. The molecule has 138 valence electrons. The standard InChI is InChI=1S/C19H29N3O3/c1-15(2)14-20-19(24)22-10-4-9-21(11-12-22)18(23)13-16-5-7-17(25-3)8-6-16/h5-8,15H,4,9-14H2,1-3H3,(H,20,24). The van der Waals surface area contributed by atoms with Gasteiger partial charge in [-0.1, -0.05) is 26.0 Å². The van der Waals surface area contributed by atoms with Crippen molar-refractivity contribution in [1.29, 1.82) is 0 Å². The minimum absolute atomic E-state index is 0.0295. The van der Waals surface area contributed by atoms with E-state index in [1.165, 1.54) is 0 Å². The fourth-order valence-corrected chi connectivity index (χ4v) is 2.80. The molecule has 6 heteroatoms. The lowest BCUT2D eigenvalue weighted by Crippen LogP contribution is -2.43. The number of amides is 3. The molecule has 0 saturated carbocycles. The van der Waals surface area contributed by atoms with Gasteiger partial charge in [-0.05, 0) is 30.0 Å². The summed E-state index contributed by atoms with van der Waals surface area (Å²) in [7, 11) is 1.63. The maximum Gasteiger partial charge on any atom is 0.317 e. The Balaban J connectivity index is 1.84. The summed E-state index contributed by atoms with van der Waals surface area (Å²) >= 11 is 0. The van der Waals surface area contributed by atoms with Crippen molar-refractivity contribution in [3.05, 3.63) is 29.8 Å². The number of nitrogens with one attached hydrogen (secondary N) is 1. The molecule has 1 heterocycles. The Kier molecular flexibility index (Phi) is 7.10. The van der Waals surface area contributed by atoms with Gasteiger partial charge < -0.3 is 19.9 Å². The summed E-state index contributed by atoms with van der Waals surface area (Å²) in [4.78, 5) is 28.4. The van der Waals surface area contributed by atoms with Gasteiger partial charge in [-0.3, -0.25) is 4.79 Å². The Bertz CT molecular complexity index is 572. The van der Waals surface area contributed by atoms with Gasteiger partial charge in [0, 0.05) is 32.7 Å². The average Bonchev–Trinajstić information content (AvgIpc) is 2.86. The fraction of sp³-hybridized carbons (Fsp3) is 0.579. The summed E-state index contributed by atoms with van der Waals surface area (Å²) in [5, 5.41) is 2.95. The van der Waals surface area contributed by atoms with Crippen LogP contribution >= 0.6 is 0 Å². The van der Waals surface area contributed by atoms with Crippen LogP contribution in [0.3, 0.4) is 0 Å². The van der Waals surface area contributed by atoms with Crippen molar-refractivity contribution in [2.45, 2.75) is 26.7 Å². The third-order valence-corrected chi connectivity index (χ3v) is 4.31. The predicted octanol–water partition coefficient (Wildman–Crippen LogP) is 2.14. The normalized spacial score (nSPS) is 15.0. The monoisotopic (exact) mass is 347 g/mol. The third-order valence-electron chi connectivity index (χ3n) is 4.31. The van der Waals surface area contributed by atoms with E-state index in [0.29, 0.717) is 45.1 Å². The van der Waals surface area contributed by atoms with Crippen LogP contribution < -0.4 is 10.1 Å². The van der Waals surface area contributed by atoms with Gasteiger partial charge in [-0.2, -0.15) is 0 Å². The maximum absolute atomic E-state index is 12.5. The molecule has 3 amide bonds. The van der Waals surface area contributed by atoms with E-state index < -0.39 is 0 Å². The first-order valence-corrected chi connectivity index (χ1v) is 8.93. The van der Waals surface area contributed by atoms with Gasteiger partial charge in [0.05, 0.1) is 13.5 Å². The molecule has 25 heavy (non-hydrogen) atoms. The fourth-order valence-electron chi connectivity index (χ4n) is 2.80. The SMILES string of the molecule is COc1ccc(CC(=O)N2CCCN(C(=O)NCC(C)C)CC2)cc1. The number of carbonyl (C=O) groups is 2. The van der Waals surface area contributed by atoms with Gasteiger partial charge in [0.25, 0.3) is 0 Å². The van der Waals surface area contributed by atoms with Crippen LogP contribution in [-0.4, -0.2) is 61.6 Å². The van der Waals surface area contributed by atoms with Crippen molar-refractivity contribution in [1.82, 2.24) is 15.1 Å². The van der Waals surface area contributed by atoms with Crippen LogP contribution in [0.25, 0.3) is 0 Å². The molecule has 0 aliphatic carbocycles. The summed E-state index contributed by atoms with van der Waals surface area (Å²) in [6.45, 7) is 7.38. The Hall–Kier alpha value is -2.24. The first-order valence-electron chi connectivity index (χ1n) is 8.93. The molecule has 2 rings (SSSR count). The molecule has 1 saturated heterocycles. The molecule has 0 bridgehead atoms. The second kappa shape index (κ2) is 9.30. The number of benzene rings is 1. The highest BCUT2D eigenvalue weighted by molar-refractivity contribution is 5.79. The molecule has 1 fully saturated rings. The number of nitrogens with zero attached hydrogens (tertiary/aromatic N) is 2. The maximum atomic E-state index is 12.5. The molecular formula is C19H29N3O3. The van der Waals surface area contributed by atoms with Gasteiger partial charge in [0.2, 0.25) is 5.91 Å². The topological polar surface area (TPSA) is 61.9 Å². The molecule has 1 aliphatic heterocycles. The molecule has 1 N–H and O–H groups in total. The molecule has 0 spiro atoms. The van der Waals surface area contributed by atoms with Crippen LogP contribution in [0.5, 0.6) is 5.75 Å². The molecule has 0 atom stereocenters. The van der Waals surface area contributed by atoms with E-state index in [0.717, 1.165) is 17.7 Å². The second-order valence-electron chi connectivity index (χ2n) is 6.83. The number of hydrogen-bond acceptors (Lipinski definition) is 3. The molecule has 1 aromatic rings. The van der Waals surface area contributed by atoms with Crippen molar-refractivity contribution in [3.63, 3.8) is 0 Å². The zero-order valence-electron chi connectivity index (χ0n) is 15.5. The number of rotatable bonds is 5. The Labute approximate surface area is 150 Å². The second-order valence-corrected chi connectivity index (χ2v) is 6.83. The summed E-state index contributed by atoms with van der Waals surface area (Å²) in [6, 6.07) is 7.54. The van der Waals surface area contributed by atoms with Crippen molar-refractivity contribution >= 4 is 11.9 Å². The van der Waals surface area contributed by atoms with Crippen LogP contribution in [0.2, 0.25) is 0 Å². The minimum Gasteiger partial charge on any atom is -0.497 e. The number of ether oxygens (including phenoxy) is 1. The molecule has 6 nitrogen and oxygen atoms in total. The van der Waals surface area contributed by atoms with Crippen molar-refractivity contribution in [2.75, 3.05) is 39.8 Å². The van der Waals surface area contributed by atoms with Crippen molar-refractivity contribution in [2.24, 2.45) is 5.92 Å². The van der Waals surface area contributed by atoms with E-state index in [-0.39, 0.29) is 11.9 Å². The lowest BCUT2D eigenvalue weighted by molar-refractivity contribution is -0.130. The Morgan fingerprint density at radius 1 is 1.08 bits per heavy atom. The average molecular weight is 347 g/mol. The zero-order chi connectivity index (χ0) is 18.2. The van der Waals surface area contributed by atoms with Crippen LogP contribution in [0.4, 0.5) is 4.79 Å². The summed E-state index contributed by atoms with van der Waals surface area (Å²) in [5.74, 6) is 1.32. The van der Waals surface area contributed by atoms with Crippen LogP contribution in [0, 0.1) is 5.92 Å². The number of hydrogen-bond donors (Lipinski definition) is 1. The van der Waals surface area contributed by atoms with E-state index in [9.17, 15) is 9.59 Å². The molecule has 1 aliphatic rings. The zero-order valence-corrected chi connectivity index (χ0v) is 15.5. The first-order chi connectivity index (χ1) is 12.0. The van der Waals surface area contributed by atoms with Crippen LogP contribution in [0.15, 0.2) is 24.3 Å². The number of carbonyl (C=O) groups excluding carboxylic acids is 2. The largest absolute Gasteiger partial charge is 0.497 e. The number of urea groups is 1. The predicted molar refractivity (Wildman–Crippen MR) is 97.7 cm³/mol. The smallest absolute Gasteiger partial charge is 0.317 e. The van der Waals surface area contributed by atoms with E-state index in [1.807, 2.05) is 34.1 Å². The quantitative estimate of drug-likeness (QED) is 0.888. The summed E-state index contributed by atoms with van der Waals surface area (Å²) < 4.78 is 5.14. The van der Waals surface area contributed by atoms with E-state index in [4.69, 9.17) is 4.74 Å². The van der Waals surface area contributed by atoms with Gasteiger partial charge >= 0.3 is 6.03 Å². The van der Waals surface area contributed by atoms with Gasteiger partial charge in [0.15, 0.2) is 0 Å². The molecule has 0 aromatic heterocycles. The van der Waals surface area contributed by atoms with E-state index in [1.54, 1.807) is 7.11 Å². The third kappa shape index (κ3) is 5.96. The first kappa shape index (κ1) is 19.1. The van der Waals surface area contributed by atoms with Crippen LogP contribution in [-0.2, 0) is 11.2 Å². The highest BCUT2D eigenvalue weighted by Gasteiger charge is 2.22. The highest BCUT2D eigenvalue weighted by Crippen LogP contribution is 2.13. The molecule has 0 radical (unpaired) electrons. The number of methoxy groups -OCH3 is 1. The van der Waals surface area contributed by atoms with Gasteiger partial charge in [-0.15, -0.1) is 0 Å². The minimum atomic E-state index is -0.0295. The van der Waals surface area contributed by atoms with E-state index in [2.05, 4.69) is 19.2 Å². The molecule has 1 aromatic carbocycles. The van der Waals surface area contributed by atoms with Gasteiger partial charge in [0.1, 0.15) is 5.75 Å². The molecular weight excluding hydrogens is 318 g/mol. The Morgan fingerprint density at radius 2 is 1.72 bits per heavy atom. The van der Waals surface area contributed by atoms with Crippen molar-refractivity contribution in [3.8, 4) is 5.75 Å². The molecule has 0 unspecified atom stereocenters. The van der Waals surface area contributed by atoms with Gasteiger partial charge in [-0.25, -0.2) is 4.79 Å². The summed E-state index contributed by atoms with van der Waals surface area (Å²) in [6.07, 6.45) is 1.19. The highest BCUT2D eigenvalue weighted by atomic mass is 16.5. The van der Waals surface area contributed by atoms with Crippen molar-refractivity contribution < 1.29 is 14.3 Å². The van der Waals surface area contributed by atoms with Crippen LogP contribution in [0.1, 0.15) is 25.8 Å². The van der Waals surface area contributed by atoms with E-state index >= 15 is 0 Å². The lowest BCUT2D eigenvalue weighted by Gasteiger charge is -2.23. The lowest BCUT2D eigenvalue weighted by atomic mass is 10.1. The summed E-state index contributed by atoms with van der Waals surface area (Å²) in [5.41, 5.74) is 0.974.